The quantitative estimate of drug-likeness (QED) is 0.664. The van der Waals surface area contributed by atoms with E-state index in [1.54, 1.807) is 0 Å². The van der Waals surface area contributed by atoms with Gasteiger partial charge in [0.1, 0.15) is 10.7 Å². The number of amides is 1. The summed E-state index contributed by atoms with van der Waals surface area (Å²) in [5.74, 6) is -0.0967. The molecule has 1 unspecified atom stereocenters. The molecule has 18 heavy (non-hydrogen) atoms. The highest BCUT2D eigenvalue weighted by Gasteiger charge is 2.24. The molecule has 7 nitrogen and oxygen atoms in total. The lowest BCUT2D eigenvalue weighted by molar-refractivity contribution is -0.119. The number of rotatable bonds is 4. The number of sulfonamides is 1. The fourth-order valence-electron chi connectivity index (χ4n) is 1.75. The van der Waals surface area contributed by atoms with Crippen molar-refractivity contribution in [1.29, 1.82) is 0 Å². The maximum absolute atomic E-state index is 11.9. The first kappa shape index (κ1) is 12.8. The van der Waals surface area contributed by atoms with Gasteiger partial charge in [-0.1, -0.05) is 0 Å². The molecule has 8 heteroatoms. The summed E-state index contributed by atoms with van der Waals surface area (Å²) in [7, 11) is -3.68. The lowest BCUT2D eigenvalue weighted by Gasteiger charge is -2.12. The van der Waals surface area contributed by atoms with Crippen LogP contribution < -0.4 is 15.8 Å². The third-order valence-corrected chi connectivity index (χ3v) is 4.16. The number of hydrogen-bond acceptors (Lipinski definition) is 5. The maximum atomic E-state index is 11.9. The number of hydrogen-bond donors (Lipinski definition) is 3. The van der Waals surface area contributed by atoms with Crippen LogP contribution in [0, 0.1) is 0 Å². The summed E-state index contributed by atoms with van der Waals surface area (Å²) in [6.07, 6.45) is 2.48. The van der Waals surface area contributed by atoms with Crippen LogP contribution in [0.2, 0.25) is 0 Å². The second-order valence-electron chi connectivity index (χ2n) is 4.04. The van der Waals surface area contributed by atoms with E-state index in [2.05, 4.69) is 15.0 Å². The Morgan fingerprint density at radius 2 is 2.33 bits per heavy atom. The Labute approximate surface area is 105 Å². The second kappa shape index (κ2) is 4.91. The molecular weight excluding hydrogens is 256 g/mol. The van der Waals surface area contributed by atoms with Crippen molar-refractivity contribution in [2.45, 2.75) is 23.8 Å². The van der Waals surface area contributed by atoms with E-state index in [1.165, 1.54) is 18.3 Å². The molecule has 1 fully saturated rings. The van der Waals surface area contributed by atoms with Gasteiger partial charge in [0.2, 0.25) is 15.9 Å². The van der Waals surface area contributed by atoms with Crippen molar-refractivity contribution in [3.8, 4) is 0 Å². The smallest absolute Gasteiger partial charge is 0.244 e. The van der Waals surface area contributed by atoms with Crippen LogP contribution in [0.1, 0.15) is 12.8 Å². The number of nitrogens with zero attached hydrogens (tertiary/aromatic N) is 1. The molecule has 2 rings (SSSR count). The second-order valence-corrected chi connectivity index (χ2v) is 5.78. The normalized spacial score (nSPS) is 19.8. The van der Waals surface area contributed by atoms with Gasteiger partial charge in [-0.3, -0.25) is 4.79 Å². The number of anilines is 1. The average Bonchev–Trinajstić information content (AvgIpc) is 2.73. The summed E-state index contributed by atoms with van der Waals surface area (Å²) >= 11 is 0. The summed E-state index contributed by atoms with van der Waals surface area (Å²) < 4.78 is 26.3. The molecule has 1 aromatic heterocycles. The number of nitrogens with two attached hydrogens (primary N) is 1. The molecule has 1 amide bonds. The molecule has 1 saturated heterocycles. The topological polar surface area (TPSA) is 114 Å². The standard InChI is InChI=1S/C10H14N4O3S/c11-10-8(2-1-5-12-10)18(16,17)13-6-7-3-4-9(15)14-7/h1-2,5,7,13H,3-4,6H2,(H2,11,12)(H,14,15). The van der Waals surface area contributed by atoms with E-state index >= 15 is 0 Å². The zero-order valence-corrected chi connectivity index (χ0v) is 10.4. The van der Waals surface area contributed by atoms with E-state index in [-0.39, 0.29) is 29.2 Å². The van der Waals surface area contributed by atoms with Crippen molar-refractivity contribution in [3.05, 3.63) is 18.3 Å². The summed E-state index contributed by atoms with van der Waals surface area (Å²) in [6.45, 7) is 0.155. The Bertz CT molecular complexity index is 558. The van der Waals surface area contributed by atoms with Crippen molar-refractivity contribution in [1.82, 2.24) is 15.0 Å². The molecule has 1 aromatic rings. The van der Waals surface area contributed by atoms with Crippen molar-refractivity contribution < 1.29 is 13.2 Å². The predicted molar refractivity (Wildman–Crippen MR) is 65.0 cm³/mol. The number of nitrogens with one attached hydrogen (secondary N) is 2. The number of carbonyl (C=O) groups is 1. The summed E-state index contributed by atoms with van der Waals surface area (Å²) in [6, 6.07) is 2.73. The van der Waals surface area contributed by atoms with Gasteiger partial charge in [0.25, 0.3) is 0 Å². The zero-order chi connectivity index (χ0) is 13.2. The van der Waals surface area contributed by atoms with Crippen molar-refractivity contribution in [2.75, 3.05) is 12.3 Å². The third kappa shape index (κ3) is 2.77. The fourth-order valence-corrected chi connectivity index (χ4v) is 2.91. The lowest BCUT2D eigenvalue weighted by Crippen LogP contribution is -2.38. The Hall–Kier alpha value is -1.67. The Balaban J connectivity index is 2.04. The van der Waals surface area contributed by atoms with Crippen molar-refractivity contribution in [2.24, 2.45) is 0 Å². The van der Waals surface area contributed by atoms with Gasteiger partial charge in [0.15, 0.2) is 0 Å². The molecule has 1 atom stereocenters. The van der Waals surface area contributed by atoms with Crippen molar-refractivity contribution in [3.63, 3.8) is 0 Å². The molecule has 1 aliphatic rings. The Morgan fingerprint density at radius 3 is 2.94 bits per heavy atom. The number of aromatic nitrogens is 1. The molecule has 0 aromatic carbocycles. The van der Waals surface area contributed by atoms with Gasteiger partial charge in [0.05, 0.1) is 0 Å². The third-order valence-electron chi connectivity index (χ3n) is 2.69. The molecule has 0 aliphatic carbocycles. The van der Waals surface area contributed by atoms with Gasteiger partial charge in [-0.25, -0.2) is 18.1 Å². The maximum Gasteiger partial charge on any atom is 0.244 e. The zero-order valence-electron chi connectivity index (χ0n) is 9.59. The highest BCUT2D eigenvalue weighted by Crippen LogP contribution is 2.14. The van der Waals surface area contributed by atoms with E-state index in [9.17, 15) is 13.2 Å². The summed E-state index contributed by atoms with van der Waals surface area (Å²) in [5, 5.41) is 2.68. The molecule has 0 saturated carbocycles. The average molecular weight is 270 g/mol. The molecule has 98 valence electrons. The predicted octanol–water partition coefficient (Wildman–Crippen LogP) is -0.779. The van der Waals surface area contributed by atoms with Crippen LogP contribution in [0.15, 0.2) is 23.2 Å². The van der Waals surface area contributed by atoms with Crippen molar-refractivity contribution >= 4 is 21.7 Å². The molecule has 4 N–H and O–H groups in total. The van der Waals surface area contributed by atoms with Crippen LogP contribution in [0.25, 0.3) is 0 Å². The van der Waals surface area contributed by atoms with Crippen LogP contribution in [0.3, 0.4) is 0 Å². The highest BCUT2D eigenvalue weighted by molar-refractivity contribution is 7.89. The molecule has 2 heterocycles. The van der Waals surface area contributed by atoms with Crippen LogP contribution in [-0.2, 0) is 14.8 Å². The van der Waals surface area contributed by atoms with Crippen LogP contribution in [0.4, 0.5) is 5.82 Å². The molecule has 0 radical (unpaired) electrons. The van der Waals surface area contributed by atoms with E-state index in [0.717, 1.165) is 0 Å². The number of carbonyl (C=O) groups excluding carboxylic acids is 1. The minimum absolute atomic E-state index is 0.0412. The molecular formula is C10H14N4O3S. The van der Waals surface area contributed by atoms with Gasteiger partial charge in [-0.2, -0.15) is 0 Å². The van der Waals surface area contributed by atoms with Gasteiger partial charge < -0.3 is 11.1 Å². The van der Waals surface area contributed by atoms with Gasteiger partial charge >= 0.3 is 0 Å². The van der Waals surface area contributed by atoms with Gasteiger partial charge in [0, 0.05) is 25.2 Å². The monoisotopic (exact) mass is 270 g/mol. The fraction of sp³-hybridized carbons (Fsp3) is 0.400. The SMILES string of the molecule is Nc1ncccc1S(=O)(=O)NCC1CCC(=O)N1. The first-order valence-electron chi connectivity index (χ1n) is 5.48. The number of nitrogen functional groups attached to an aromatic ring is 1. The molecule has 0 bridgehead atoms. The minimum Gasteiger partial charge on any atom is -0.383 e. The minimum atomic E-state index is -3.68. The van der Waals surface area contributed by atoms with Crippen LogP contribution in [-0.4, -0.2) is 31.9 Å². The van der Waals surface area contributed by atoms with Gasteiger partial charge in [-0.15, -0.1) is 0 Å². The summed E-state index contributed by atoms with van der Waals surface area (Å²) in [4.78, 5) is 14.7. The van der Waals surface area contributed by atoms with E-state index in [4.69, 9.17) is 5.73 Å². The van der Waals surface area contributed by atoms with Gasteiger partial charge in [-0.05, 0) is 18.6 Å². The highest BCUT2D eigenvalue weighted by atomic mass is 32.2. The first-order chi connectivity index (χ1) is 8.49. The molecule has 0 spiro atoms. The van der Waals surface area contributed by atoms with Crippen LogP contribution in [0.5, 0.6) is 0 Å². The lowest BCUT2D eigenvalue weighted by atomic mass is 10.2. The van der Waals surface area contributed by atoms with E-state index < -0.39 is 10.0 Å². The van der Waals surface area contributed by atoms with Crippen LogP contribution >= 0.6 is 0 Å². The largest absolute Gasteiger partial charge is 0.383 e. The Morgan fingerprint density at radius 1 is 1.56 bits per heavy atom. The van der Waals surface area contributed by atoms with E-state index in [0.29, 0.717) is 12.8 Å². The summed E-state index contributed by atoms with van der Waals surface area (Å²) in [5.41, 5.74) is 5.51. The van der Waals surface area contributed by atoms with E-state index in [1.807, 2.05) is 0 Å². The molecule has 1 aliphatic heterocycles. The number of pyridine rings is 1. The first-order valence-corrected chi connectivity index (χ1v) is 6.97. The Kier molecular flexibility index (Phi) is 3.48.